The number of hydrogen-bond donors (Lipinski definition) is 0. The molecule has 0 aliphatic heterocycles. The van der Waals surface area contributed by atoms with E-state index in [2.05, 4.69) is 43.8 Å². The number of rotatable bonds is 11. The summed E-state index contributed by atoms with van der Waals surface area (Å²) >= 11 is 0. The van der Waals surface area contributed by atoms with E-state index >= 15 is 0 Å². The summed E-state index contributed by atoms with van der Waals surface area (Å²) in [4.78, 5) is 0. The van der Waals surface area contributed by atoms with Gasteiger partial charge in [-0.2, -0.15) is 0 Å². The minimum absolute atomic E-state index is 0.753. The van der Waals surface area contributed by atoms with Crippen molar-refractivity contribution in [3.05, 3.63) is 48.6 Å². The number of allylic oxidation sites excluding steroid dienone is 1. The Morgan fingerprint density at radius 3 is 2.32 bits per heavy atom. The average molecular weight is 258 g/mol. The third-order valence-electron chi connectivity index (χ3n) is 3.89. The molecule has 0 spiro atoms. The van der Waals surface area contributed by atoms with Crippen LogP contribution in [0.2, 0.25) is 0 Å². The van der Waals surface area contributed by atoms with Crippen molar-refractivity contribution >= 4 is 0 Å². The highest BCUT2D eigenvalue weighted by atomic mass is 14.1. The van der Waals surface area contributed by atoms with Gasteiger partial charge in [0.2, 0.25) is 0 Å². The van der Waals surface area contributed by atoms with Gasteiger partial charge in [0, 0.05) is 0 Å². The largest absolute Gasteiger partial charge is 0.103 e. The topological polar surface area (TPSA) is 0 Å². The van der Waals surface area contributed by atoms with Crippen LogP contribution < -0.4 is 0 Å². The van der Waals surface area contributed by atoms with Crippen molar-refractivity contribution in [2.45, 2.75) is 70.6 Å². The summed E-state index contributed by atoms with van der Waals surface area (Å²) in [5, 5.41) is 0. The molecule has 0 radical (unpaired) electrons. The van der Waals surface area contributed by atoms with E-state index in [0.29, 0.717) is 0 Å². The lowest BCUT2D eigenvalue weighted by Crippen LogP contribution is -1.99. The summed E-state index contributed by atoms with van der Waals surface area (Å²) in [6.45, 7) is 6.11. The molecule has 0 N–H and O–H groups in total. The highest BCUT2D eigenvalue weighted by molar-refractivity contribution is 5.19. The van der Waals surface area contributed by atoms with Crippen LogP contribution in [0.5, 0.6) is 0 Å². The maximum Gasteiger partial charge on any atom is -0.0162 e. The van der Waals surface area contributed by atoms with Gasteiger partial charge in [-0.3, -0.25) is 0 Å². The first kappa shape index (κ1) is 16.0. The van der Waals surface area contributed by atoms with E-state index in [-0.39, 0.29) is 0 Å². The van der Waals surface area contributed by atoms with Crippen molar-refractivity contribution in [1.29, 1.82) is 0 Å². The minimum atomic E-state index is 0.753. The lowest BCUT2D eigenvalue weighted by atomic mass is 9.88. The van der Waals surface area contributed by atoms with E-state index in [0.717, 1.165) is 12.3 Å². The highest BCUT2D eigenvalue weighted by Gasteiger charge is 2.10. The van der Waals surface area contributed by atoms with Crippen LogP contribution in [0.15, 0.2) is 43.0 Å². The third-order valence-corrected chi connectivity index (χ3v) is 3.89. The summed E-state index contributed by atoms with van der Waals surface area (Å²) < 4.78 is 0. The Labute approximate surface area is 119 Å². The molecule has 1 unspecified atom stereocenters. The van der Waals surface area contributed by atoms with Crippen molar-refractivity contribution in [1.82, 2.24) is 0 Å². The van der Waals surface area contributed by atoms with E-state index in [1.165, 1.54) is 56.9 Å². The summed E-state index contributed by atoms with van der Waals surface area (Å²) in [6, 6.07) is 11.1. The van der Waals surface area contributed by atoms with Crippen molar-refractivity contribution in [2.24, 2.45) is 0 Å². The fourth-order valence-electron chi connectivity index (χ4n) is 2.71. The Bertz CT molecular complexity index is 312. The van der Waals surface area contributed by atoms with Gasteiger partial charge >= 0.3 is 0 Å². The fourth-order valence-corrected chi connectivity index (χ4v) is 2.71. The Kier molecular flexibility index (Phi) is 9.14. The number of benzene rings is 1. The molecule has 0 aromatic heterocycles. The summed E-state index contributed by atoms with van der Waals surface area (Å²) in [7, 11) is 0. The van der Waals surface area contributed by atoms with Crippen molar-refractivity contribution < 1.29 is 0 Å². The van der Waals surface area contributed by atoms with Gasteiger partial charge in [-0.15, -0.1) is 6.58 Å². The molecule has 1 rings (SSSR count). The van der Waals surface area contributed by atoms with Crippen LogP contribution in [0.1, 0.15) is 76.2 Å². The molecule has 0 heteroatoms. The van der Waals surface area contributed by atoms with E-state index < -0.39 is 0 Å². The molecule has 0 saturated carbocycles. The van der Waals surface area contributed by atoms with Gasteiger partial charge in [-0.05, 0) is 37.2 Å². The van der Waals surface area contributed by atoms with E-state index in [1.807, 2.05) is 6.08 Å². The zero-order valence-corrected chi connectivity index (χ0v) is 12.6. The van der Waals surface area contributed by atoms with Crippen LogP contribution in [-0.2, 0) is 0 Å². The quantitative estimate of drug-likeness (QED) is 0.314. The Balaban J connectivity index is 2.38. The van der Waals surface area contributed by atoms with Crippen LogP contribution in [0.25, 0.3) is 0 Å². The molecule has 19 heavy (non-hydrogen) atoms. The Morgan fingerprint density at radius 1 is 0.947 bits per heavy atom. The molecule has 0 saturated heterocycles. The summed E-state index contributed by atoms with van der Waals surface area (Å²) in [5.41, 5.74) is 1.53. The van der Waals surface area contributed by atoms with Crippen LogP contribution in [-0.4, -0.2) is 0 Å². The molecule has 0 aliphatic carbocycles. The lowest BCUT2D eigenvalue weighted by molar-refractivity contribution is 0.509. The SMILES string of the molecule is C=CCCCC(CCCCCCC)c1ccccc1. The average Bonchev–Trinajstić information content (AvgIpc) is 2.46. The molecule has 0 heterocycles. The van der Waals surface area contributed by atoms with Gasteiger partial charge in [0.15, 0.2) is 0 Å². The molecule has 0 amide bonds. The van der Waals surface area contributed by atoms with Crippen LogP contribution in [0, 0.1) is 0 Å². The standard InChI is InChI=1S/C19H30/c1-3-5-7-8-11-15-18(14-10-6-4-2)19-16-12-9-13-17-19/h4,9,12-13,16-18H,2-3,5-8,10-11,14-15H2,1H3. The minimum Gasteiger partial charge on any atom is -0.103 e. The summed E-state index contributed by atoms with van der Waals surface area (Å²) in [5.74, 6) is 0.753. The van der Waals surface area contributed by atoms with Gasteiger partial charge in [-0.1, -0.05) is 75.4 Å². The molecular weight excluding hydrogens is 228 g/mol. The van der Waals surface area contributed by atoms with Crippen LogP contribution in [0.3, 0.4) is 0 Å². The predicted molar refractivity (Wildman–Crippen MR) is 86.6 cm³/mol. The second-order valence-corrected chi connectivity index (χ2v) is 5.53. The molecule has 0 fully saturated rings. The smallest absolute Gasteiger partial charge is 0.0162 e. The molecule has 1 aromatic carbocycles. The van der Waals surface area contributed by atoms with E-state index in [4.69, 9.17) is 0 Å². The normalized spacial score (nSPS) is 12.3. The van der Waals surface area contributed by atoms with E-state index in [9.17, 15) is 0 Å². The first-order valence-corrected chi connectivity index (χ1v) is 8.04. The molecule has 0 nitrogen and oxygen atoms in total. The Morgan fingerprint density at radius 2 is 1.63 bits per heavy atom. The lowest BCUT2D eigenvalue weighted by Gasteiger charge is -2.17. The van der Waals surface area contributed by atoms with Crippen molar-refractivity contribution in [3.8, 4) is 0 Å². The predicted octanol–water partition coefficient (Wildman–Crippen LogP) is 6.49. The Hall–Kier alpha value is -1.04. The van der Waals surface area contributed by atoms with Gasteiger partial charge in [0.1, 0.15) is 0 Å². The van der Waals surface area contributed by atoms with Crippen LogP contribution >= 0.6 is 0 Å². The van der Waals surface area contributed by atoms with E-state index in [1.54, 1.807) is 0 Å². The third kappa shape index (κ3) is 7.20. The molecular formula is C19H30. The molecule has 106 valence electrons. The molecule has 0 aliphatic rings. The van der Waals surface area contributed by atoms with Gasteiger partial charge in [-0.25, -0.2) is 0 Å². The van der Waals surface area contributed by atoms with Gasteiger partial charge in [0.25, 0.3) is 0 Å². The second-order valence-electron chi connectivity index (χ2n) is 5.53. The number of unbranched alkanes of at least 4 members (excludes halogenated alkanes) is 5. The molecule has 1 atom stereocenters. The van der Waals surface area contributed by atoms with Crippen molar-refractivity contribution in [3.63, 3.8) is 0 Å². The monoisotopic (exact) mass is 258 g/mol. The second kappa shape index (κ2) is 10.8. The van der Waals surface area contributed by atoms with Gasteiger partial charge < -0.3 is 0 Å². The fraction of sp³-hybridized carbons (Fsp3) is 0.579. The molecule has 1 aromatic rings. The maximum absolute atomic E-state index is 3.83. The zero-order valence-electron chi connectivity index (χ0n) is 12.6. The summed E-state index contributed by atoms with van der Waals surface area (Å²) in [6.07, 6.45) is 14.1. The highest BCUT2D eigenvalue weighted by Crippen LogP contribution is 2.28. The maximum atomic E-state index is 3.83. The van der Waals surface area contributed by atoms with Crippen molar-refractivity contribution in [2.75, 3.05) is 0 Å². The zero-order chi connectivity index (χ0) is 13.8. The van der Waals surface area contributed by atoms with Crippen LogP contribution in [0.4, 0.5) is 0 Å². The number of hydrogen-bond acceptors (Lipinski definition) is 0. The van der Waals surface area contributed by atoms with Gasteiger partial charge in [0.05, 0.1) is 0 Å². The molecule has 0 bridgehead atoms. The first-order valence-electron chi connectivity index (χ1n) is 8.04. The first-order chi connectivity index (χ1) is 9.38.